The Hall–Kier alpha value is -3.49. The van der Waals surface area contributed by atoms with Gasteiger partial charge in [-0.2, -0.15) is 5.10 Å². The van der Waals surface area contributed by atoms with Crippen LogP contribution in [0.3, 0.4) is 0 Å². The number of carbonyl (C=O) groups is 1. The highest BCUT2D eigenvalue weighted by atomic mass is 16.6. The first-order valence-electron chi connectivity index (χ1n) is 7.11. The average molecular weight is 326 g/mol. The van der Waals surface area contributed by atoms with E-state index in [0.717, 1.165) is 22.7 Å². The van der Waals surface area contributed by atoms with E-state index >= 15 is 0 Å². The van der Waals surface area contributed by atoms with E-state index in [4.69, 9.17) is 0 Å². The minimum Gasteiger partial charge on any atom is -0.361 e. The van der Waals surface area contributed by atoms with E-state index in [2.05, 4.69) is 20.5 Å². The van der Waals surface area contributed by atoms with Crippen LogP contribution in [0.5, 0.6) is 0 Å². The van der Waals surface area contributed by atoms with Crippen LogP contribution >= 0.6 is 0 Å². The summed E-state index contributed by atoms with van der Waals surface area (Å²) in [7, 11) is 0. The standard InChI is InChI=1S/C15H14N6O3/c1-10-16-8-15(21(23)24)20(10)9-14(22)19-18-7-11-6-17-13-5-3-2-4-12(11)13/h2-8,17H,9H2,1H3,(H,19,22)/b18-7+. The van der Waals surface area contributed by atoms with Crippen LogP contribution in [0.2, 0.25) is 0 Å². The quantitative estimate of drug-likeness (QED) is 0.421. The number of nitrogens with one attached hydrogen (secondary N) is 2. The monoisotopic (exact) mass is 326 g/mol. The normalized spacial score (nSPS) is 11.2. The zero-order valence-electron chi connectivity index (χ0n) is 12.8. The van der Waals surface area contributed by atoms with E-state index in [0.29, 0.717) is 5.82 Å². The number of H-pyrrole nitrogens is 1. The number of benzene rings is 1. The summed E-state index contributed by atoms with van der Waals surface area (Å²) in [6.07, 6.45) is 4.43. The molecule has 1 aromatic carbocycles. The Kier molecular flexibility index (Phi) is 4.06. The molecule has 0 aliphatic heterocycles. The van der Waals surface area contributed by atoms with E-state index in [1.54, 1.807) is 13.1 Å². The molecule has 122 valence electrons. The number of hydrogen-bond acceptors (Lipinski definition) is 5. The second kappa shape index (κ2) is 6.32. The fourth-order valence-corrected chi connectivity index (χ4v) is 2.35. The molecule has 2 aromatic heterocycles. The number of aromatic nitrogens is 3. The molecular formula is C15H14N6O3. The van der Waals surface area contributed by atoms with Gasteiger partial charge in [-0.05, 0) is 11.0 Å². The first-order valence-corrected chi connectivity index (χ1v) is 7.11. The van der Waals surface area contributed by atoms with Crippen molar-refractivity contribution in [2.45, 2.75) is 13.5 Å². The van der Waals surface area contributed by atoms with Gasteiger partial charge in [0, 0.05) is 29.6 Å². The van der Waals surface area contributed by atoms with Crippen LogP contribution in [-0.4, -0.2) is 31.6 Å². The van der Waals surface area contributed by atoms with Crippen LogP contribution in [0.1, 0.15) is 11.4 Å². The number of aromatic amines is 1. The number of nitrogens with zero attached hydrogens (tertiary/aromatic N) is 4. The lowest BCUT2D eigenvalue weighted by Crippen LogP contribution is -2.24. The molecule has 2 N–H and O–H groups in total. The number of rotatable bonds is 5. The molecule has 0 atom stereocenters. The molecule has 1 amide bonds. The molecule has 0 radical (unpaired) electrons. The van der Waals surface area contributed by atoms with Gasteiger partial charge in [0.15, 0.2) is 12.4 Å². The molecule has 2 heterocycles. The minimum atomic E-state index is -0.581. The summed E-state index contributed by atoms with van der Waals surface area (Å²) in [5.74, 6) is -0.323. The maximum absolute atomic E-state index is 11.9. The van der Waals surface area contributed by atoms with Crippen LogP contribution in [0, 0.1) is 17.0 Å². The van der Waals surface area contributed by atoms with Gasteiger partial charge in [-0.3, -0.25) is 4.79 Å². The summed E-state index contributed by atoms with van der Waals surface area (Å²) in [6.45, 7) is 1.36. The van der Waals surface area contributed by atoms with Crippen molar-refractivity contribution in [2.24, 2.45) is 5.10 Å². The summed E-state index contributed by atoms with van der Waals surface area (Å²) in [4.78, 5) is 29.2. The number of para-hydroxylation sites is 1. The molecule has 0 fully saturated rings. The molecule has 0 aliphatic rings. The number of imidazole rings is 1. The third kappa shape index (κ3) is 3.00. The van der Waals surface area contributed by atoms with Gasteiger partial charge in [-0.15, -0.1) is 0 Å². The Labute approximate surface area is 136 Å². The molecule has 24 heavy (non-hydrogen) atoms. The van der Waals surface area contributed by atoms with E-state index in [1.165, 1.54) is 10.8 Å². The summed E-state index contributed by atoms with van der Waals surface area (Å²) < 4.78 is 1.22. The van der Waals surface area contributed by atoms with E-state index in [1.807, 2.05) is 24.3 Å². The van der Waals surface area contributed by atoms with Crippen molar-refractivity contribution in [1.29, 1.82) is 0 Å². The molecule has 0 unspecified atom stereocenters. The number of hydrogen-bond donors (Lipinski definition) is 2. The highest BCUT2D eigenvalue weighted by Gasteiger charge is 2.19. The van der Waals surface area contributed by atoms with Crippen molar-refractivity contribution in [3.05, 3.63) is 58.2 Å². The number of fused-ring (bicyclic) bond motifs is 1. The van der Waals surface area contributed by atoms with Crippen LogP contribution in [-0.2, 0) is 11.3 Å². The van der Waals surface area contributed by atoms with Crippen molar-refractivity contribution in [1.82, 2.24) is 20.0 Å². The molecular weight excluding hydrogens is 312 g/mol. The Morgan fingerprint density at radius 3 is 3.08 bits per heavy atom. The predicted octanol–water partition coefficient (Wildman–Crippen LogP) is 1.73. The second-order valence-corrected chi connectivity index (χ2v) is 5.09. The van der Waals surface area contributed by atoms with Crippen LogP contribution in [0.4, 0.5) is 5.82 Å². The van der Waals surface area contributed by atoms with E-state index in [9.17, 15) is 14.9 Å². The number of amides is 1. The lowest BCUT2D eigenvalue weighted by molar-refractivity contribution is -0.392. The lowest BCUT2D eigenvalue weighted by atomic mass is 10.2. The summed E-state index contributed by atoms with van der Waals surface area (Å²) in [6, 6.07) is 7.70. The molecule has 0 bridgehead atoms. The van der Waals surface area contributed by atoms with Gasteiger partial charge >= 0.3 is 5.82 Å². The predicted molar refractivity (Wildman–Crippen MR) is 87.7 cm³/mol. The fourth-order valence-electron chi connectivity index (χ4n) is 2.35. The summed E-state index contributed by atoms with van der Waals surface area (Å²) in [5.41, 5.74) is 4.16. The van der Waals surface area contributed by atoms with Crippen molar-refractivity contribution in [2.75, 3.05) is 0 Å². The first kappa shape index (κ1) is 15.4. The highest BCUT2D eigenvalue weighted by molar-refractivity contribution is 5.99. The molecule has 0 saturated carbocycles. The van der Waals surface area contributed by atoms with Gasteiger partial charge in [0.25, 0.3) is 5.91 Å². The smallest absolute Gasteiger partial charge is 0.343 e. The molecule has 9 nitrogen and oxygen atoms in total. The van der Waals surface area contributed by atoms with Gasteiger partial charge in [0.1, 0.15) is 6.20 Å². The maximum Gasteiger partial charge on any atom is 0.343 e. The Morgan fingerprint density at radius 1 is 1.50 bits per heavy atom. The molecule has 0 saturated heterocycles. The fraction of sp³-hybridized carbons (Fsp3) is 0.133. The van der Waals surface area contributed by atoms with Gasteiger partial charge in [0.2, 0.25) is 0 Å². The van der Waals surface area contributed by atoms with Gasteiger partial charge in [0.05, 0.1) is 6.21 Å². The lowest BCUT2D eigenvalue weighted by Gasteiger charge is -2.01. The molecule has 0 spiro atoms. The zero-order valence-corrected chi connectivity index (χ0v) is 12.8. The second-order valence-electron chi connectivity index (χ2n) is 5.09. The Balaban J connectivity index is 1.68. The molecule has 3 aromatic rings. The number of aryl methyl sites for hydroxylation is 1. The number of hydrazone groups is 1. The first-order chi connectivity index (χ1) is 11.6. The van der Waals surface area contributed by atoms with Crippen LogP contribution in [0.25, 0.3) is 10.9 Å². The van der Waals surface area contributed by atoms with Gasteiger partial charge in [-0.1, -0.05) is 18.2 Å². The van der Waals surface area contributed by atoms with Crippen molar-refractivity contribution >= 4 is 28.8 Å². The Bertz CT molecular complexity index is 940. The minimum absolute atomic E-state index is 0.229. The number of nitro groups is 1. The van der Waals surface area contributed by atoms with Crippen LogP contribution in [0.15, 0.2) is 41.8 Å². The van der Waals surface area contributed by atoms with Crippen molar-refractivity contribution < 1.29 is 9.72 Å². The molecule has 0 aliphatic carbocycles. The topological polar surface area (TPSA) is 118 Å². The SMILES string of the molecule is Cc1ncc([N+](=O)[O-])n1CC(=O)N/N=C/c1c[nH]c2ccccc12. The largest absolute Gasteiger partial charge is 0.361 e. The van der Waals surface area contributed by atoms with E-state index in [-0.39, 0.29) is 12.4 Å². The molecule has 3 rings (SSSR count). The summed E-state index contributed by atoms with van der Waals surface area (Å²) in [5, 5.41) is 15.8. The zero-order chi connectivity index (χ0) is 17.1. The number of carbonyl (C=O) groups excluding carboxylic acids is 1. The maximum atomic E-state index is 11.9. The third-order valence-corrected chi connectivity index (χ3v) is 3.54. The molecule has 9 heteroatoms. The summed E-state index contributed by atoms with van der Waals surface area (Å²) >= 11 is 0. The average Bonchev–Trinajstić information content (AvgIpc) is 3.12. The van der Waals surface area contributed by atoms with Gasteiger partial charge in [-0.25, -0.2) is 15.0 Å². The van der Waals surface area contributed by atoms with E-state index < -0.39 is 10.8 Å². The van der Waals surface area contributed by atoms with Crippen molar-refractivity contribution in [3.8, 4) is 0 Å². The third-order valence-electron chi connectivity index (χ3n) is 3.54. The van der Waals surface area contributed by atoms with Crippen LogP contribution < -0.4 is 5.43 Å². The van der Waals surface area contributed by atoms with Crippen molar-refractivity contribution in [3.63, 3.8) is 0 Å². The Morgan fingerprint density at radius 2 is 2.29 bits per heavy atom. The van der Waals surface area contributed by atoms with Gasteiger partial charge < -0.3 is 15.1 Å². The highest BCUT2D eigenvalue weighted by Crippen LogP contribution is 2.15.